The van der Waals surface area contributed by atoms with Crippen molar-refractivity contribution < 1.29 is 0 Å². The molecule has 1 saturated heterocycles. The lowest BCUT2D eigenvalue weighted by Crippen LogP contribution is -2.53. The van der Waals surface area contributed by atoms with E-state index in [-0.39, 0.29) is 0 Å². The molecule has 2 heterocycles. The maximum Gasteiger partial charge on any atom is 0.0329 e. The molecular weight excluding hydrogens is 254 g/mol. The molecule has 3 nitrogen and oxygen atoms in total. The first-order valence-electron chi connectivity index (χ1n) is 7.18. The van der Waals surface area contributed by atoms with E-state index in [1.807, 2.05) is 18.4 Å². The van der Waals surface area contributed by atoms with Crippen molar-refractivity contribution in [3.8, 4) is 0 Å². The Morgan fingerprint density at radius 3 is 2.32 bits per heavy atom. The fraction of sp³-hybridized carbons (Fsp3) is 0.733. The number of nitrogens with zero attached hydrogens (tertiary/aromatic N) is 2. The summed E-state index contributed by atoms with van der Waals surface area (Å²) in [6, 6.07) is 4.54. The van der Waals surface area contributed by atoms with Crippen LogP contribution in [0.15, 0.2) is 12.1 Å². The van der Waals surface area contributed by atoms with Gasteiger partial charge in [-0.05, 0) is 40.0 Å². The zero-order valence-electron chi connectivity index (χ0n) is 12.7. The largest absolute Gasteiger partial charge is 0.315 e. The summed E-state index contributed by atoms with van der Waals surface area (Å²) in [6.07, 6.45) is 0. The van der Waals surface area contributed by atoms with Crippen molar-refractivity contribution in [1.29, 1.82) is 0 Å². The van der Waals surface area contributed by atoms with Crippen LogP contribution in [0.4, 0.5) is 0 Å². The summed E-state index contributed by atoms with van der Waals surface area (Å²) < 4.78 is 0. The Bertz CT molecular complexity index is 386. The SMILES string of the molecule is CNCc1ccc(CN2CCN(C(C)(C)C)CC2)s1. The van der Waals surface area contributed by atoms with Gasteiger partial charge in [0.15, 0.2) is 0 Å². The van der Waals surface area contributed by atoms with Crippen molar-refractivity contribution in [3.05, 3.63) is 21.9 Å². The van der Waals surface area contributed by atoms with E-state index < -0.39 is 0 Å². The third-order valence-corrected chi connectivity index (χ3v) is 4.84. The molecule has 1 N–H and O–H groups in total. The second-order valence-electron chi connectivity index (χ2n) is 6.33. The van der Waals surface area contributed by atoms with Crippen LogP contribution in [0.5, 0.6) is 0 Å². The number of thiophene rings is 1. The van der Waals surface area contributed by atoms with Gasteiger partial charge in [0.25, 0.3) is 0 Å². The molecule has 0 bridgehead atoms. The van der Waals surface area contributed by atoms with E-state index in [2.05, 4.69) is 48.0 Å². The molecule has 4 heteroatoms. The second kappa shape index (κ2) is 6.35. The van der Waals surface area contributed by atoms with Crippen molar-refractivity contribution in [2.75, 3.05) is 33.2 Å². The van der Waals surface area contributed by atoms with E-state index in [1.54, 1.807) is 0 Å². The topological polar surface area (TPSA) is 18.5 Å². The standard InChI is InChI=1S/C15H27N3S/c1-15(2,3)18-9-7-17(8-10-18)12-14-6-5-13(19-14)11-16-4/h5-6,16H,7-12H2,1-4H3. The highest BCUT2D eigenvalue weighted by Gasteiger charge is 2.25. The number of hydrogen-bond acceptors (Lipinski definition) is 4. The van der Waals surface area contributed by atoms with Crippen molar-refractivity contribution in [1.82, 2.24) is 15.1 Å². The van der Waals surface area contributed by atoms with Crippen LogP contribution in [0.2, 0.25) is 0 Å². The van der Waals surface area contributed by atoms with Crippen LogP contribution in [0.3, 0.4) is 0 Å². The molecule has 0 aliphatic carbocycles. The molecule has 0 atom stereocenters. The Balaban J connectivity index is 1.82. The van der Waals surface area contributed by atoms with Crippen LogP contribution in [0.1, 0.15) is 30.5 Å². The smallest absolute Gasteiger partial charge is 0.0329 e. The van der Waals surface area contributed by atoms with Crippen LogP contribution >= 0.6 is 11.3 Å². The molecule has 1 fully saturated rings. The molecule has 0 aromatic carbocycles. The number of piperazine rings is 1. The van der Waals surface area contributed by atoms with Gasteiger partial charge in [-0.15, -0.1) is 11.3 Å². The molecule has 1 aliphatic rings. The summed E-state index contributed by atoms with van der Waals surface area (Å²) in [7, 11) is 2.01. The second-order valence-corrected chi connectivity index (χ2v) is 7.59. The summed E-state index contributed by atoms with van der Waals surface area (Å²) in [5, 5.41) is 3.21. The lowest BCUT2D eigenvalue weighted by Gasteiger charge is -2.42. The van der Waals surface area contributed by atoms with E-state index in [9.17, 15) is 0 Å². The first-order chi connectivity index (χ1) is 8.99. The van der Waals surface area contributed by atoms with Gasteiger partial charge >= 0.3 is 0 Å². The maximum absolute atomic E-state index is 3.21. The van der Waals surface area contributed by atoms with Crippen LogP contribution < -0.4 is 5.32 Å². The van der Waals surface area contributed by atoms with Gasteiger partial charge in [-0.25, -0.2) is 0 Å². The Hall–Kier alpha value is -0.420. The zero-order chi connectivity index (χ0) is 13.9. The molecule has 0 spiro atoms. The molecule has 1 aliphatic heterocycles. The van der Waals surface area contributed by atoms with Crippen molar-refractivity contribution in [3.63, 3.8) is 0 Å². The van der Waals surface area contributed by atoms with Gasteiger partial charge in [0.2, 0.25) is 0 Å². The summed E-state index contributed by atoms with van der Waals surface area (Å²) in [6.45, 7) is 13.8. The van der Waals surface area contributed by atoms with Crippen LogP contribution in [0.25, 0.3) is 0 Å². The first-order valence-corrected chi connectivity index (χ1v) is 8.00. The third-order valence-electron chi connectivity index (χ3n) is 3.77. The molecule has 1 aromatic rings. The quantitative estimate of drug-likeness (QED) is 0.914. The average Bonchev–Trinajstić information content (AvgIpc) is 2.77. The third kappa shape index (κ3) is 4.28. The van der Waals surface area contributed by atoms with Gasteiger partial charge < -0.3 is 5.32 Å². The van der Waals surface area contributed by atoms with Crippen molar-refractivity contribution in [2.45, 2.75) is 39.4 Å². The number of rotatable bonds is 4. The molecule has 1 aromatic heterocycles. The molecule has 0 unspecified atom stereocenters. The lowest BCUT2D eigenvalue weighted by molar-refractivity contribution is 0.0595. The zero-order valence-corrected chi connectivity index (χ0v) is 13.5. The predicted molar refractivity (Wildman–Crippen MR) is 83.7 cm³/mol. The normalized spacial score (nSPS) is 18.9. The Morgan fingerprint density at radius 1 is 1.11 bits per heavy atom. The molecule has 19 heavy (non-hydrogen) atoms. The first kappa shape index (κ1) is 15.0. The molecule has 108 valence electrons. The summed E-state index contributed by atoms with van der Waals surface area (Å²) in [5.74, 6) is 0. The van der Waals surface area contributed by atoms with E-state index in [0.29, 0.717) is 5.54 Å². The Kier molecular flexibility index (Phi) is 5.01. The summed E-state index contributed by atoms with van der Waals surface area (Å²) in [4.78, 5) is 8.10. The summed E-state index contributed by atoms with van der Waals surface area (Å²) >= 11 is 1.94. The van der Waals surface area contributed by atoms with Gasteiger partial charge in [-0.1, -0.05) is 0 Å². The van der Waals surface area contributed by atoms with Gasteiger partial charge in [0.05, 0.1) is 0 Å². The highest BCUT2D eigenvalue weighted by molar-refractivity contribution is 7.11. The minimum atomic E-state index is 0.314. The van der Waals surface area contributed by atoms with Gasteiger partial charge in [0.1, 0.15) is 0 Å². The van der Waals surface area contributed by atoms with Crippen LogP contribution in [-0.2, 0) is 13.1 Å². The van der Waals surface area contributed by atoms with Crippen LogP contribution in [0, 0.1) is 0 Å². The summed E-state index contributed by atoms with van der Waals surface area (Å²) in [5.41, 5.74) is 0.314. The van der Waals surface area contributed by atoms with E-state index in [0.717, 1.165) is 13.1 Å². The van der Waals surface area contributed by atoms with E-state index >= 15 is 0 Å². The molecule has 2 rings (SSSR count). The Morgan fingerprint density at radius 2 is 1.74 bits per heavy atom. The van der Waals surface area contributed by atoms with Gasteiger partial charge in [-0.3, -0.25) is 9.80 Å². The van der Waals surface area contributed by atoms with Crippen molar-refractivity contribution in [2.24, 2.45) is 0 Å². The number of nitrogens with one attached hydrogen (secondary N) is 1. The number of hydrogen-bond donors (Lipinski definition) is 1. The van der Waals surface area contributed by atoms with Crippen LogP contribution in [-0.4, -0.2) is 48.6 Å². The maximum atomic E-state index is 3.21. The molecule has 0 amide bonds. The fourth-order valence-electron chi connectivity index (χ4n) is 2.57. The minimum Gasteiger partial charge on any atom is -0.315 e. The molecular formula is C15H27N3S. The van der Waals surface area contributed by atoms with Gasteiger partial charge in [0, 0.05) is 54.6 Å². The monoisotopic (exact) mass is 281 g/mol. The average molecular weight is 281 g/mol. The lowest BCUT2D eigenvalue weighted by atomic mass is 10.1. The fourth-order valence-corrected chi connectivity index (χ4v) is 3.65. The highest BCUT2D eigenvalue weighted by atomic mass is 32.1. The Labute approximate surface area is 121 Å². The van der Waals surface area contributed by atoms with E-state index in [4.69, 9.17) is 0 Å². The van der Waals surface area contributed by atoms with E-state index in [1.165, 1.54) is 35.9 Å². The molecule has 0 saturated carbocycles. The van der Waals surface area contributed by atoms with Crippen molar-refractivity contribution >= 4 is 11.3 Å². The minimum absolute atomic E-state index is 0.314. The molecule has 0 radical (unpaired) electrons. The van der Waals surface area contributed by atoms with Gasteiger partial charge in [-0.2, -0.15) is 0 Å². The predicted octanol–water partition coefficient (Wildman–Crippen LogP) is 2.38. The highest BCUT2D eigenvalue weighted by Crippen LogP contribution is 2.21.